The molecule has 2 heteroatoms. The molecule has 0 N–H and O–H groups in total. The van der Waals surface area contributed by atoms with Gasteiger partial charge in [-0.2, -0.15) is 0 Å². The van der Waals surface area contributed by atoms with Crippen LogP contribution in [0.25, 0.3) is 0 Å². The fourth-order valence-corrected chi connectivity index (χ4v) is 0.342. The molecule has 0 nitrogen and oxygen atoms in total. The first-order valence-corrected chi connectivity index (χ1v) is 1.91. The molecule has 37 valence electrons. The van der Waals surface area contributed by atoms with Gasteiger partial charge in [0.15, 0.2) is 0 Å². The molecule has 0 aromatic heterocycles. The maximum Gasteiger partial charge on any atom is 1.00 e. The molecule has 8 heavy (non-hydrogen) atoms. The second-order valence-corrected chi connectivity index (χ2v) is 1.08. The third-order valence-electron chi connectivity index (χ3n) is 0.607. The number of rotatable bonds is 0. The zero-order valence-corrected chi connectivity index (χ0v) is 8.12. The molecule has 0 aliphatic rings. The smallest absolute Gasteiger partial charge is 0.577 e. The molecule has 0 fully saturated rings. The van der Waals surface area contributed by atoms with Gasteiger partial charge in [0.2, 0.25) is 0 Å². The van der Waals surface area contributed by atoms with Crippen molar-refractivity contribution in [3.63, 3.8) is 0 Å². The van der Waals surface area contributed by atoms with Gasteiger partial charge < -0.3 is 9.90 Å². The van der Waals surface area contributed by atoms with E-state index < -0.39 is 0 Å². The zero-order chi connectivity index (χ0) is 4.24. The third-order valence-corrected chi connectivity index (χ3v) is 0.607. The minimum absolute atomic E-state index is 0. The summed E-state index contributed by atoms with van der Waals surface area (Å²) in [5, 5.41) is 0. The quantitative estimate of drug-likeness (QED) is 0.308. The van der Waals surface area contributed by atoms with E-state index in [1.807, 2.05) is 30.3 Å². The maximum absolute atomic E-state index is 2.89. The van der Waals surface area contributed by atoms with E-state index in [2.05, 4.69) is 6.07 Å². The summed E-state index contributed by atoms with van der Waals surface area (Å²) in [6.45, 7) is 0. The molecule has 0 heterocycles. The van der Waals surface area contributed by atoms with Crippen LogP contribution in [0.2, 0.25) is 0 Å². The van der Waals surface area contributed by atoms with Gasteiger partial charge in [0, 0.05) is 0 Å². The van der Waals surface area contributed by atoms with E-state index >= 15 is 0 Å². The van der Waals surface area contributed by atoms with Crippen LogP contribution < -0.4 is 29.6 Å². The summed E-state index contributed by atoms with van der Waals surface area (Å²) in [4.78, 5) is 0. The van der Waals surface area contributed by atoms with E-state index in [-0.39, 0.29) is 39.5 Å². The van der Waals surface area contributed by atoms with Gasteiger partial charge in [-0.05, 0) is 6.07 Å². The van der Waals surface area contributed by atoms with Crippen LogP contribution in [0.4, 0.5) is 0 Å². The predicted octanol–water partition coefficient (Wildman–Crippen LogP) is -1.18. The second-order valence-electron chi connectivity index (χ2n) is 1.08. The van der Waals surface area contributed by atoms with Crippen LogP contribution in [-0.4, -0.2) is 0 Å². The Morgan fingerprint density at radius 1 is 0.875 bits per heavy atom. The first-order valence-electron chi connectivity index (χ1n) is 1.91. The summed E-state index contributed by atoms with van der Waals surface area (Å²) >= 11 is 0. The molecular weight excluding hydrogens is 126 g/mol. The van der Waals surface area contributed by atoms with Crippen molar-refractivity contribution in [1.29, 1.82) is 0 Å². The van der Waals surface area contributed by atoms with E-state index in [4.69, 9.17) is 0 Å². The van der Waals surface area contributed by atoms with E-state index in [1.54, 1.807) is 0 Å². The van der Waals surface area contributed by atoms with E-state index in [1.165, 1.54) is 0 Å². The van der Waals surface area contributed by atoms with Gasteiger partial charge in [0.05, 0.1) is 0 Å². The molecule has 0 aliphatic carbocycles. The normalized spacial score (nSPS) is 6.00. The molecular formula is C6H7NaP. The Bertz CT molecular complexity index is 80.5. The van der Waals surface area contributed by atoms with Crippen LogP contribution in [-0.2, 0) is 0 Å². The van der Waals surface area contributed by atoms with Gasteiger partial charge in [0.1, 0.15) is 0 Å². The minimum Gasteiger partial charge on any atom is -0.577 e. The average Bonchev–Trinajstić information content (AvgIpc) is 1.72. The molecule has 1 aromatic rings. The van der Waals surface area contributed by atoms with Crippen LogP contribution in [0.3, 0.4) is 0 Å². The summed E-state index contributed by atoms with van der Waals surface area (Å²) in [5.41, 5.74) is 0. The van der Waals surface area contributed by atoms with E-state index in [9.17, 15) is 0 Å². The number of benzene rings is 1. The fraction of sp³-hybridized carbons (Fsp3) is 0. The Morgan fingerprint density at radius 3 is 1.50 bits per heavy atom. The van der Waals surface area contributed by atoms with Crippen molar-refractivity contribution in [2.45, 2.75) is 0 Å². The summed E-state index contributed by atoms with van der Waals surface area (Å²) < 4.78 is 0. The first-order chi connectivity index (χ1) is 3.00. The SMILES string of the molecule is [Na+].[PH2-].[c]1ccccc1. The Hall–Kier alpha value is 0.650. The molecule has 0 unspecified atom stereocenters. The third kappa shape index (κ3) is 4.80. The zero-order valence-electron chi connectivity index (χ0n) is 4.96. The van der Waals surface area contributed by atoms with Crippen molar-refractivity contribution in [1.82, 2.24) is 0 Å². The van der Waals surface area contributed by atoms with Crippen molar-refractivity contribution < 1.29 is 29.6 Å². The molecule has 0 spiro atoms. The van der Waals surface area contributed by atoms with Crippen LogP contribution in [0.15, 0.2) is 30.3 Å². The van der Waals surface area contributed by atoms with Crippen LogP contribution in [0, 0.1) is 6.07 Å². The second kappa shape index (κ2) is 7.65. The van der Waals surface area contributed by atoms with Crippen molar-refractivity contribution in [2.75, 3.05) is 0 Å². The summed E-state index contributed by atoms with van der Waals surface area (Å²) in [5.74, 6) is 0. The summed E-state index contributed by atoms with van der Waals surface area (Å²) in [6.07, 6.45) is 0. The molecule has 1 radical (unpaired) electrons. The molecule has 0 saturated heterocycles. The average molecular weight is 133 g/mol. The van der Waals surface area contributed by atoms with Crippen molar-refractivity contribution in [2.24, 2.45) is 0 Å². The maximum atomic E-state index is 2.89. The Kier molecular flexibility index (Phi) is 10.9. The largest absolute Gasteiger partial charge is 1.00 e. The fourth-order valence-electron chi connectivity index (χ4n) is 0.342. The molecule has 0 bridgehead atoms. The van der Waals surface area contributed by atoms with Gasteiger partial charge in [-0.15, -0.1) is 0 Å². The van der Waals surface area contributed by atoms with Crippen LogP contribution in [0.1, 0.15) is 0 Å². The predicted molar refractivity (Wildman–Crippen MR) is 35.0 cm³/mol. The van der Waals surface area contributed by atoms with Crippen LogP contribution in [0.5, 0.6) is 0 Å². The summed E-state index contributed by atoms with van der Waals surface area (Å²) in [6, 6.07) is 12.5. The molecule has 1 rings (SSSR count). The van der Waals surface area contributed by atoms with Crippen LogP contribution >= 0.6 is 9.90 Å². The Labute approximate surface area is 75.6 Å². The molecule has 0 amide bonds. The van der Waals surface area contributed by atoms with Gasteiger partial charge in [0.25, 0.3) is 0 Å². The first kappa shape index (κ1) is 11.4. The topological polar surface area (TPSA) is 0 Å². The minimum atomic E-state index is 0. The van der Waals surface area contributed by atoms with E-state index in [0.29, 0.717) is 0 Å². The number of hydrogen-bond donors (Lipinski definition) is 0. The van der Waals surface area contributed by atoms with Gasteiger partial charge in [-0.3, -0.25) is 0 Å². The molecule has 0 aliphatic heterocycles. The van der Waals surface area contributed by atoms with Crippen molar-refractivity contribution in [3.8, 4) is 0 Å². The van der Waals surface area contributed by atoms with Crippen molar-refractivity contribution in [3.05, 3.63) is 36.4 Å². The van der Waals surface area contributed by atoms with E-state index in [0.717, 1.165) is 0 Å². The molecule has 1 aromatic carbocycles. The monoisotopic (exact) mass is 133 g/mol. The van der Waals surface area contributed by atoms with Gasteiger partial charge in [-0.25, -0.2) is 0 Å². The van der Waals surface area contributed by atoms with Crippen molar-refractivity contribution >= 4 is 9.90 Å². The summed E-state index contributed by atoms with van der Waals surface area (Å²) in [7, 11) is 0. The Morgan fingerprint density at radius 2 is 1.38 bits per heavy atom. The van der Waals surface area contributed by atoms with Gasteiger partial charge >= 0.3 is 29.6 Å². The molecule has 0 atom stereocenters. The number of hydrogen-bond acceptors (Lipinski definition) is 0. The Balaban J connectivity index is 0. The van der Waals surface area contributed by atoms with Gasteiger partial charge in [-0.1, -0.05) is 30.3 Å². The molecule has 0 saturated carbocycles. The standard InChI is InChI=1S/C6H5.Na.H2P/c1-2-4-6-5-3-1;;/h1-5H;;1H2/q;+1;-1.